The molecule has 0 radical (unpaired) electrons. The third kappa shape index (κ3) is 0.857. The smallest absolute Gasteiger partial charge is 0.242 e. The Morgan fingerprint density at radius 3 is 3.00 bits per heavy atom. The Labute approximate surface area is 62.5 Å². The van der Waals surface area contributed by atoms with Crippen LogP contribution in [0.2, 0.25) is 0 Å². The normalized spacial score (nSPS) is 28.1. The van der Waals surface area contributed by atoms with E-state index >= 15 is 0 Å². The summed E-state index contributed by atoms with van der Waals surface area (Å²) in [5.74, 6) is 0. The maximum atomic E-state index is 9.62. The van der Waals surface area contributed by atoms with Crippen molar-refractivity contribution >= 4 is 0 Å². The van der Waals surface area contributed by atoms with Crippen molar-refractivity contribution in [2.75, 3.05) is 0 Å². The van der Waals surface area contributed by atoms with Gasteiger partial charge in [-0.25, -0.2) is 0 Å². The van der Waals surface area contributed by atoms with Gasteiger partial charge in [-0.2, -0.15) is 10.2 Å². The molecule has 1 atom stereocenters. The van der Waals surface area contributed by atoms with E-state index in [1.807, 2.05) is 0 Å². The van der Waals surface area contributed by atoms with E-state index in [4.69, 9.17) is 0 Å². The highest BCUT2D eigenvalue weighted by Crippen LogP contribution is 2.26. The molecule has 0 aliphatic carbocycles. The van der Waals surface area contributed by atoms with Gasteiger partial charge in [0, 0.05) is 6.20 Å². The molecule has 1 aromatic heterocycles. The molecule has 1 aromatic rings. The summed E-state index contributed by atoms with van der Waals surface area (Å²) in [4.78, 5) is 0. The Balaban J connectivity index is 2.43. The van der Waals surface area contributed by atoms with Crippen LogP contribution in [0.1, 0.15) is 5.69 Å². The lowest BCUT2D eigenvalue weighted by molar-refractivity contribution is 0.0931. The van der Waals surface area contributed by atoms with Crippen LogP contribution in [0, 0.1) is 0 Å². The molecule has 0 fully saturated rings. The zero-order chi connectivity index (χ0) is 7.73. The van der Waals surface area contributed by atoms with Gasteiger partial charge in [0.05, 0.1) is 6.20 Å². The number of hydrogen-bond acceptors (Lipinski definition) is 4. The van der Waals surface area contributed by atoms with Crippen LogP contribution in [-0.4, -0.2) is 15.3 Å². The molecule has 56 valence electrons. The molecule has 5 nitrogen and oxygen atoms in total. The van der Waals surface area contributed by atoms with Crippen LogP contribution in [0.25, 0.3) is 0 Å². The second-order valence-electron chi connectivity index (χ2n) is 2.22. The average Bonchev–Trinajstić information content (AvgIpc) is 2.55. The minimum absolute atomic E-state index is 0.454. The first kappa shape index (κ1) is 6.23. The lowest BCUT2D eigenvalue weighted by Gasteiger charge is -2.10. The van der Waals surface area contributed by atoms with E-state index in [1.54, 1.807) is 12.3 Å². The van der Waals surface area contributed by atoms with Crippen molar-refractivity contribution in [2.24, 2.45) is 10.2 Å². The highest BCUT2D eigenvalue weighted by Gasteiger charge is 2.30. The number of aliphatic hydroxyl groups is 1. The number of nitrogens with zero attached hydrogens (tertiary/aromatic N) is 3. The van der Waals surface area contributed by atoms with Crippen LogP contribution < -0.4 is 0 Å². The predicted octanol–water partition coefficient (Wildman–Crippen LogP) is 0.534. The second-order valence-corrected chi connectivity index (χ2v) is 2.22. The van der Waals surface area contributed by atoms with E-state index in [0.717, 1.165) is 0 Å². The molecule has 0 aromatic carbocycles. The SMILES string of the molecule is OC1(c2cc[nH]n2)C=CN=N1. The fourth-order valence-corrected chi connectivity index (χ4v) is 0.894. The summed E-state index contributed by atoms with van der Waals surface area (Å²) in [5, 5.41) is 23.1. The maximum Gasteiger partial charge on any atom is 0.242 e. The van der Waals surface area contributed by atoms with Gasteiger partial charge in [-0.15, -0.1) is 5.11 Å². The number of aromatic amines is 1. The van der Waals surface area contributed by atoms with Gasteiger partial charge in [-0.1, -0.05) is 0 Å². The lowest BCUT2D eigenvalue weighted by atomic mass is 10.2. The van der Waals surface area contributed by atoms with E-state index in [0.29, 0.717) is 5.69 Å². The highest BCUT2D eigenvalue weighted by atomic mass is 16.3. The average molecular weight is 150 g/mol. The number of H-pyrrole nitrogens is 1. The third-order valence-electron chi connectivity index (χ3n) is 1.46. The molecule has 2 rings (SSSR count). The van der Waals surface area contributed by atoms with Crippen molar-refractivity contribution in [3.63, 3.8) is 0 Å². The van der Waals surface area contributed by atoms with E-state index in [2.05, 4.69) is 20.4 Å². The topological polar surface area (TPSA) is 73.6 Å². The minimum Gasteiger partial charge on any atom is -0.360 e. The monoisotopic (exact) mass is 150 g/mol. The standard InChI is InChI=1S/C6H6N4O/c11-6(2-4-8-10-6)5-1-3-7-9-5/h1-4,11H,(H,7,9). The summed E-state index contributed by atoms with van der Waals surface area (Å²) in [5.41, 5.74) is -0.894. The molecule has 2 heterocycles. The van der Waals surface area contributed by atoms with Gasteiger partial charge in [0.1, 0.15) is 5.69 Å². The van der Waals surface area contributed by atoms with Crippen LogP contribution >= 0.6 is 0 Å². The molecule has 0 bridgehead atoms. The minimum atomic E-state index is -1.35. The van der Waals surface area contributed by atoms with Crippen molar-refractivity contribution in [1.82, 2.24) is 10.2 Å². The molecule has 1 unspecified atom stereocenters. The molecule has 5 heteroatoms. The first-order valence-electron chi connectivity index (χ1n) is 3.14. The van der Waals surface area contributed by atoms with Gasteiger partial charge in [-0.05, 0) is 12.1 Å². The van der Waals surface area contributed by atoms with E-state index in [1.165, 1.54) is 12.3 Å². The van der Waals surface area contributed by atoms with E-state index in [9.17, 15) is 5.11 Å². The molecule has 11 heavy (non-hydrogen) atoms. The fraction of sp³-hybridized carbons (Fsp3) is 0.167. The molecule has 0 amide bonds. The molecular weight excluding hydrogens is 144 g/mol. The van der Waals surface area contributed by atoms with Crippen molar-refractivity contribution in [3.05, 3.63) is 30.2 Å². The Kier molecular flexibility index (Phi) is 1.13. The van der Waals surface area contributed by atoms with Crippen molar-refractivity contribution < 1.29 is 5.11 Å². The van der Waals surface area contributed by atoms with Crippen molar-refractivity contribution in [3.8, 4) is 0 Å². The van der Waals surface area contributed by atoms with Crippen LogP contribution in [0.4, 0.5) is 0 Å². The molecule has 0 saturated heterocycles. The molecule has 1 aliphatic heterocycles. The van der Waals surface area contributed by atoms with E-state index < -0.39 is 5.72 Å². The Morgan fingerprint density at radius 2 is 2.45 bits per heavy atom. The zero-order valence-electron chi connectivity index (χ0n) is 5.60. The fourth-order valence-electron chi connectivity index (χ4n) is 0.894. The largest absolute Gasteiger partial charge is 0.360 e. The maximum absolute atomic E-state index is 9.62. The Morgan fingerprint density at radius 1 is 1.55 bits per heavy atom. The summed E-state index contributed by atoms with van der Waals surface area (Å²) < 4.78 is 0. The third-order valence-corrected chi connectivity index (χ3v) is 1.46. The highest BCUT2D eigenvalue weighted by molar-refractivity contribution is 5.18. The first-order chi connectivity index (χ1) is 5.31. The number of nitrogens with one attached hydrogen (secondary N) is 1. The van der Waals surface area contributed by atoms with Gasteiger partial charge < -0.3 is 5.11 Å². The van der Waals surface area contributed by atoms with Crippen LogP contribution in [0.5, 0.6) is 0 Å². The number of rotatable bonds is 1. The summed E-state index contributed by atoms with van der Waals surface area (Å²) >= 11 is 0. The Hall–Kier alpha value is -1.49. The first-order valence-corrected chi connectivity index (χ1v) is 3.14. The summed E-state index contributed by atoms with van der Waals surface area (Å²) in [7, 11) is 0. The predicted molar refractivity (Wildman–Crippen MR) is 36.5 cm³/mol. The molecule has 0 spiro atoms. The number of azo groups is 1. The lowest BCUT2D eigenvalue weighted by Crippen LogP contribution is -2.17. The van der Waals surface area contributed by atoms with Gasteiger partial charge in [0.25, 0.3) is 0 Å². The molecular formula is C6H6N4O. The summed E-state index contributed by atoms with van der Waals surface area (Å²) in [6.07, 6.45) is 4.53. The Bertz CT molecular complexity index is 288. The van der Waals surface area contributed by atoms with Gasteiger partial charge in [0.2, 0.25) is 5.72 Å². The van der Waals surface area contributed by atoms with Crippen molar-refractivity contribution in [2.45, 2.75) is 5.72 Å². The molecule has 2 N–H and O–H groups in total. The van der Waals surface area contributed by atoms with Crippen LogP contribution in [0.15, 0.2) is 34.8 Å². The number of aromatic nitrogens is 2. The van der Waals surface area contributed by atoms with Crippen LogP contribution in [0.3, 0.4) is 0 Å². The van der Waals surface area contributed by atoms with Gasteiger partial charge in [0.15, 0.2) is 0 Å². The zero-order valence-corrected chi connectivity index (χ0v) is 5.60. The van der Waals surface area contributed by atoms with Gasteiger partial charge >= 0.3 is 0 Å². The number of hydrogen-bond donors (Lipinski definition) is 2. The summed E-state index contributed by atoms with van der Waals surface area (Å²) in [6, 6.07) is 1.65. The van der Waals surface area contributed by atoms with E-state index in [-0.39, 0.29) is 0 Å². The molecule has 1 aliphatic rings. The second kappa shape index (κ2) is 2.00. The molecule has 0 saturated carbocycles. The quantitative estimate of drug-likeness (QED) is 0.612. The van der Waals surface area contributed by atoms with Gasteiger partial charge in [-0.3, -0.25) is 5.10 Å². The van der Waals surface area contributed by atoms with Crippen molar-refractivity contribution in [1.29, 1.82) is 0 Å². The van der Waals surface area contributed by atoms with Crippen LogP contribution in [-0.2, 0) is 5.72 Å². The summed E-state index contributed by atoms with van der Waals surface area (Å²) in [6.45, 7) is 0.